The highest BCUT2D eigenvalue weighted by Gasteiger charge is 2.14. The summed E-state index contributed by atoms with van der Waals surface area (Å²) in [5.41, 5.74) is 4.65. The molecule has 1 amide bonds. The Kier molecular flexibility index (Phi) is 3.57. The van der Waals surface area contributed by atoms with Crippen LogP contribution in [0.25, 0.3) is 0 Å². The van der Waals surface area contributed by atoms with Crippen molar-refractivity contribution in [2.24, 2.45) is 0 Å². The number of hydrogen-bond donors (Lipinski definition) is 1. The molecular weight excluding hydrogens is 294 g/mol. The molecule has 1 aromatic heterocycles. The van der Waals surface area contributed by atoms with E-state index < -0.39 is 0 Å². The molecule has 0 aliphatic rings. The Morgan fingerprint density at radius 2 is 1.83 bits per heavy atom. The predicted octanol–water partition coefficient (Wildman–Crippen LogP) is 4.22. The van der Waals surface area contributed by atoms with Crippen LogP contribution in [-0.2, 0) is 0 Å². The molecule has 0 fully saturated rings. The van der Waals surface area contributed by atoms with Crippen molar-refractivity contribution in [3.8, 4) is 0 Å². The minimum atomic E-state index is -0.175. The fourth-order valence-electron chi connectivity index (χ4n) is 2.01. The second-order valence-electron chi connectivity index (χ2n) is 4.34. The van der Waals surface area contributed by atoms with Crippen LogP contribution in [0.1, 0.15) is 27.0 Å². The molecule has 0 aliphatic carbocycles. The first-order valence-corrected chi connectivity index (χ1v) is 6.40. The molecule has 94 valence electrons. The summed E-state index contributed by atoms with van der Waals surface area (Å²) in [6.45, 7) is 6.01. The summed E-state index contributed by atoms with van der Waals surface area (Å²) >= 11 is 3.20. The molecule has 2 aromatic rings. The van der Waals surface area contributed by atoms with Crippen molar-refractivity contribution in [3.63, 3.8) is 0 Å². The van der Waals surface area contributed by atoms with Gasteiger partial charge in [-0.25, -0.2) is 0 Å². The first-order chi connectivity index (χ1) is 8.49. The van der Waals surface area contributed by atoms with Gasteiger partial charge in [0, 0.05) is 5.69 Å². The number of carbonyl (C=O) groups is 1. The van der Waals surface area contributed by atoms with Crippen LogP contribution in [0.3, 0.4) is 0 Å². The normalized spacial score (nSPS) is 10.4. The van der Waals surface area contributed by atoms with Gasteiger partial charge in [0.25, 0.3) is 5.91 Å². The fraction of sp³-hybridized carbons (Fsp3) is 0.214. The van der Waals surface area contributed by atoms with E-state index in [4.69, 9.17) is 4.42 Å². The van der Waals surface area contributed by atoms with Crippen molar-refractivity contribution in [1.82, 2.24) is 0 Å². The third-order valence-electron chi connectivity index (χ3n) is 2.78. The van der Waals surface area contributed by atoms with Crippen molar-refractivity contribution < 1.29 is 9.21 Å². The number of hydrogen-bond acceptors (Lipinski definition) is 2. The highest BCUT2D eigenvalue weighted by atomic mass is 79.9. The topological polar surface area (TPSA) is 42.2 Å². The molecule has 0 spiro atoms. The lowest BCUT2D eigenvalue weighted by Crippen LogP contribution is -2.13. The number of carbonyl (C=O) groups excluding carboxylic acids is 1. The van der Waals surface area contributed by atoms with E-state index in [1.807, 2.05) is 32.9 Å². The van der Waals surface area contributed by atoms with Crippen LogP contribution in [0.15, 0.2) is 33.5 Å². The van der Waals surface area contributed by atoms with Gasteiger partial charge in [-0.05, 0) is 53.9 Å². The molecule has 2 rings (SSSR count). The van der Waals surface area contributed by atoms with Crippen molar-refractivity contribution >= 4 is 27.5 Å². The number of aryl methyl sites for hydroxylation is 3. The lowest BCUT2D eigenvalue weighted by Gasteiger charge is -2.12. The van der Waals surface area contributed by atoms with Gasteiger partial charge in [0.2, 0.25) is 0 Å². The number of nitrogens with one attached hydrogen (secondary N) is 1. The van der Waals surface area contributed by atoms with E-state index in [2.05, 4.69) is 21.2 Å². The Morgan fingerprint density at radius 3 is 2.33 bits per heavy atom. The SMILES string of the molecule is Cc1cc(C)c(NC(=O)c2ccoc2Br)c(C)c1. The lowest BCUT2D eigenvalue weighted by atomic mass is 10.0. The zero-order valence-electron chi connectivity index (χ0n) is 10.5. The van der Waals surface area contributed by atoms with Crippen LogP contribution in [-0.4, -0.2) is 5.91 Å². The van der Waals surface area contributed by atoms with E-state index in [0.717, 1.165) is 16.8 Å². The molecule has 4 heteroatoms. The molecule has 0 saturated heterocycles. The number of amides is 1. The number of rotatable bonds is 2. The third kappa shape index (κ3) is 2.48. The highest BCUT2D eigenvalue weighted by molar-refractivity contribution is 9.10. The van der Waals surface area contributed by atoms with Gasteiger partial charge in [0.05, 0.1) is 11.8 Å². The predicted molar refractivity (Wildman–Crippen MR) is 75.0 cm³/mol. The van der Waals surface area contributed by atoms with Crippen LogP contribution in [0.2, 0.25) is 0 Å². The number of furan rings is 1. The molecule has 1 N–H and O–H groups in total. The van der Waals surface area contributed by atoms with E-state index in [1.54, 1.807) is 6.07 Å². The van der Waals surface area contributed by atoms with Gasteiger partial charge >= 0.3 is 0 Å². The molecule has 3 nitrogen and oxygen atoms in total. The zero-order valence-corrected chi connectivity index (χ0v) is 12.1. The summed E-state index contributed by atoms with van der Waals surface area (Å²) < 4.78 is 5.51. The van der Waals surface area contributed by atoms with Gasteiger partial charge in [-0.1, -0.05) is 17.7 Å². The molecule has 18 heavy (non-hydrogen) atoms. The van der Waals surface area contributed by atoms with E-state index in [-0.39, 0.29) is 5.91 Å². The average Bonchev–Trinajstić information content (AvgIpc) is 2.69. The molecule has 0 aliphatic heterocycles. The Labute approximate surface area is 114 Å². The first-order valence-electron chi connectivity index (χ1n) is 5.61. The summed E-state index contributed by atoms with van der Waals surface area (Å²) in [4.78, 5) is 12.1. The summed E-state index contributed by atoms with van der Waals surface area (Å²) in [6.07, 6.45) is 1.48. The second-order valence-corrected chi connectivity index (χ2v) is 5.06. The third-order valence-corrected chi connectivity index (χ3v) is 3.39. The summed E-state index contributed by atoms with van der Waals surface area (Å²) in [5.74, 6) is -0.175. The second kappa shape index (κ2) is 4.98. The Hall–Kier alpha value is -1.55. The number of benzene rings is 1. The van der Waals surface area contributed by atoms with Crippen LogP contribution < -0.4 is 5.32 Å². The maximum atomic E-state index is 12.1. The maximum Gasteiger partial charge on any atom is 0.260 e. The van der Waals surface area contributed by atoms with Gasteiger partial charge in [0.1, 0.15) is 0 Å². The van der Waals surface area contributed by atoms with E-state index in [0.29, 0.717) is 10.2 Å². The van der Waals surface area contributed by atoms with Crippen LogP contribution in [0.4, 0.5) is 5.69 Å². The van der Waals surface area contributed by atoms with Crippen molar-refractivity contribution in [1.29, 1.82) is 0 Å². The van der Waals surface area contributed by atoms with Crippen LogP contribution in [0, 0.1) is 20.8 Å². The average molecular weight is 308 g/mol. The van der Waals surface area contributed by atoms with Crippen molar-refractivity contribution in [3.05, 3.63) is 51.4 Å². The maximum absolute atomic E-state index is 12.1. The standard InChI is InChI=1S/C14H14BrNO2/c1-8-6-9(2)12(10(3)7-8)16-14(17)11-4-5-18-13(11)15/h4-7H,1-3H3,(H,16,17). The zero-order chi connectivity index (χ0) is 13.3. The number of halogens is 1. The summed E-state index contributed by atoms with van der Waals surface area (Å²) in [6, 6.07) is 5.73. The minimum absolute atomic E-state index is 0.175. The number of anilines is 1. The Bertz CT molecular complexity index is 579. The summed E-state index contributed by atoms with van der Waals surface area (Å²) in [5, 5.41) is 2.92. The monoisotopic (exact) mass is 307 g/mol. The Balaban J connectivity index is 2.31. The van der Waals surface area contributed by atoms with Gasteiger partial charge in [-0.2, -0.15) is 0 Å². The van der Waals surface area contributed by atoms with Crippen molar-refractivity contribution in [2.75, 3.05) is 5.32 Å². The fourth-order valence-corrected chi connectivity index (χ4v) is 2.43. The van der Waals surface area contributed by atoms with Crippen LogP contribution in [0.5, 0.6) is 0 Å². The quantitative estimate of drug-likeness (QED) is 0.902. The van der Waals surface area contributed by atoms with Gasteiger partial charge in [-0.3, -0.25) is 4.79 Å². The van der Waals surface area contributed by atoms with Gasteiger partial charge in [0.15, 0.2) is 4.67 Å². The lowest BCUT2D eigenvalue weighted by molar-refractivity contribution is 0.102. The largest absolute Gasteiger partial charge is 0.457 e. The molecule has 1 aromatic carbocycles. The van der Waals surface area contributed by atoms with E-state index >= 15 is 0 Å². The molecule has 0 atom stereocenters. The molecule has 1 heterocycles. The highest BCUT2D eigenvalue weighted by Crippen LogP contribution is 2.24. The van der Waals surface area contributed by atoms with Crippen LogP contribution >= 0.6 is 15.9 Å². The molecule has 0 saturated carbocycles. The van der Waals surface area contributed by atoms with E-state index in [9.17, 15) is 4.79 Å². The Morgan fingerprint density at radius 1 is 1.22 bits per heavy atom. The molecular formula is C14H14BrNO2. The molecule has 0 radical (unpaired) electrons. The minimum Gasteiger partial charge on any atom is -0.457 e. The van der Waals surface area contributed by atoms with Crippen molar-refractivity contribution in [2.45, 2.75) is 20.8 Å². The smallest absolute Gasteiger partial charge is 0.260 e. The van der Waals surface area contributed by atoms with Gasteiger partial charge < -0.3 is 9.73 Å². The van der Waals surface area contributed by atoms with E-state index in [1.165, 1.54) is 11.8 Å². The van der Waals surface area contributed by atoms with Gasteiger partial charge in [-0.15, -0.1) is 0 Å². The summed E-state index contributed by atoms with van der Waals surface area (Å²) in [7, 11) is 0. The first kappa shape index (κ1) is 12.9. The molecule has 0 bridgehead atoms. The molecule has 0 unspecified atom stereocenters.